The SMILES string of the molecule is CCNc1cc(NCC2(N(C)C)CCC2)nc(C(C)C)n1. The van der Waals surface area contributed by atoms with Gasteiger partial charge in [0.05, 0.1) is 0 Å². The van der Waals surface area contributed by atoms with Gasteiger partial charge in [-0.1, -0.05) is 13.8 Å². The Morgan fingerprint density at radius 2 is 1.81 bits per heavy atom. The summed E-state index contributed by atoms with van der Waals surface area (Å²) in [4.78, 5) is 11.6. The largest absolute Gasteiger partial charge is 0.370 e. The standard InChI is InChI=1S/C16H29N5/c1-6-17-13-10-14(20-15(19-13)12(2)3)18-11-16(21(4)5)8-7-9-16/h10,12H,6-9,11H2,1-5H3,(H2,17,18,19,20). The Kier molecular flexibility index (Phi) is 5.04. The Balaban J connectivity index is 2.11. The Bertz CT molecular complexity index is 466. The first-order valence-electron chi connectivity index (χ1n) is 8.01. The highest BCUT2D eigenvalue weighted by Gasteiger charge is 2.38. The van der Waals surface area contributed by atoms with Crippen molar-refractivity contribution < 1.29 is 0 Å². The van der Waals surface area contributed by atoms with Crippen LogP contribution in [0, 0.1) is 0 Å². The van der Waals surface area contributed by atoms with Crippen LogP contribution >= 0.6 is 0 Å². The Morgan fingerprint density at radius 1 is 1.19 bits per heavy atom. The van der Waals surface area contributed by atoms with Crippen molar-refractivity contribution in [1.29, 1.82) is 0 Å². The van der Waals surface area contributed by atoms with Crippen molar-refractivity contribution in [3.8, 4) is 0 Å². The molecule has 0 atom stereocenters. The topological polar surface area (TPSA) is 53.1 Å². The van der Waals surface area contributed by atoms with Crippen LogP contribution in [0.4, 0.5) is 11.6 Å². The predicted octanol–water partition coefficient (Wildman–Crippen LogP) is 2.93. The van der Waals surface area contributed by atoms with E-state index in [1.807, 2.05) is 6.07 Å². The second-order valence-corrected chi connectivity index (χ2v) is 6.51. The fourth-order valence-electron chi connectivity index (χ4n) is 2.71. The van der Waals surface area contributed by atoms with Gasteiger partial charge in [0.2, 0.25) is 0 Å². The first-order valence-corrected chi connectivity index (χ1v) is 8.01. The summed E-state index contributed by atoms with van der Waals surface area (Å²) >= 11 is 0. The second-order valence-electron chi connectivity index (χ2n) is 6.51. The molecule has 21 heavy (non-hydrogen) atoms. The third-order valence-electron chi connectivity index (χ3n) is 4.45. The summed E-state index contributed by atoms with van der Waals surface area (Å²) in [5.41, 5.74) is 0.293. The molecule has 1 aliphatic carbocycles. The van der Waals surface area contributed by atoms with Gasteiger partial charge in [0.1, 0.15) is 17.5 Å². The molecule has 1 heterocycles. The number of anilines is 2. The Hall–Kier alpha value is -1.36. The van der Waals surface area contributed by atoms with Crippen LogP contribution in [0.15, 0.2) is 6.07 Å². The number of hydrogen-bond acceptors (Lipinski definition) is 5. The lowest BCUT2D eigenvalue weighted by Crippen LogP contribution is -2.54. The van der Waals surface area contributed by atoms with Gasteiger partial charge in [0.25, 0.3) is 0 Å². The van der Waals surface area contributed by atoms with Crippen molar-refractivity contribution in [3.05, 3.63) is 11.9 Å². The Morgan fingerprint density at radius 3 is 2.24 bits per heavy atom. The first kappa shape index (κ1) is 16.0. The van der Waals surface area contributed by atoms with E-state index in [9.17, 15) is 0 Å². The smallest absolute Gasteiger partial charge is 0.135 e. The Labute approximate surface area is 128 Å². The highest BCUT2D eigenvalue weighted by Crippen LogP contribution is 2.36. The molecule has 0 saturated heterocycles. The summed E-state index contributed by atoms with van der Waals surface area (Å²) in [6.45, 7) is 8.15. The molecule has 1 aliphatic rings. The van der Waals surface area contributed by atoms with Crippen LogP contribution in [0.1, 0.15) is 51.8 Å². The minimum atomic E-state index is 0.293. The molecule has 1 saturated carbocycles. The molecular weight excluding hydrogens is 262 g/mol. The van der Waals surface area contributed by atoms with E-state index in [0.29, 0.717) is 11.5 Å². The molecule has 1 aromatic heterocycles. The molecule has 118 valence electrons. The summed E-state index contributed by atoms with van der Waals surface area (Å²) < 4.78 is 0. The van der Waals surface area contributed by atoms with Gasteiger partial charge in [0.15, 0.2) is 0 Å². The van der Waals surface area contributed by atoms with E-state index in [-0.39, 0.29) is 0 Å². The number of likely N-dealkylation sites (N-methyl/N-ethyl adjacent to an activating group) is 1. The van der Waals surface area contributed by atoms with Crippen LogP contribution in [0.2, 0.25) is 0 Å². The molecule has 2 rings (SSSR count). The maximum atomic E-state index is 4.66. The van der Waals surface area contributed by atoms with Gasteiger partial charge >= 0.3 is 0 Å². The normalized spacial score (nSPS) is 16.9. The fraction of sp³-hybridized carbons (Fsp3) is 0.750. The van der Waals surface area contributed by atoms with E-state index in [2.05, 4.69) is 60.4 Å². The molecule has 0 bridgehead atoms. The summed E-state index contributed by atoms with van der Waals surface area (Å²) in [5.74, 6) is 3.06. The first-order chi connectivity index (χ1) is 9.97. The third-order valence-corrected chi connectivity index (χ3v) is 4.45. The predicted molar refractivity (Wildman–Crippen MR) is 89.0 cm³/mol. The van der Waals surface area contributed by atoms with Crippen molar-refractivity contribution in [2.75, 3.05) is 37.8 Å². The zero-order chi connectivity index (χ0) is 15.5. The summed E-state index contributed by atoms with van der Waals surface area (Å²) in [6, 6.07) is 2.01. The van der Waals surface area contributed by atoms with Crippen molar-refractivity contribution >= 4 is 11.6 Å². The fourth-order valence-corrected chi connectivity index (χ4v) is 2.71. The van der Waals surface area contributed by atoms with Crippen molar-refractivity contribution in [2.24, 2.45) is 0 Å². The molecule has 0 spiro atoms. The van der Waals surface area contributed by atoms with E-state index < -0.39 is 0 Å². The van der Waals surface area contributed by atoms with Gasteiger partial charge < -0.3 is 15.5 Å². The van der Waals surface area contributed by atoms with Crippen LogP contribution in [0.3, 0.4) is 0 Å². The van der Waals surface area contributed by atoms with Crippen molar-refractivity contribution in [3.63, 3.8) is 0 Å². The number of hydrogen-bond donors (Lipinski definition) is 2. The van der Waals surface area contributed by atoms with Gasteiger partial charge in [-0.2, -0.15) is 0 Å². The molecule has 0 radical (unpaired) electrons. The van der Waals surface area contributed by atoms with E-state index in [4.69, 9.17) is 0 Å². The molecule has 1 aromatic rings. The van der Waals surface area contributed by atoms with Crippen LogP contribution in [-0.4, -0.2) is 47.6 Å². The molecular formula is C16H29N5. The minimum Gasteiger partial charge on any atom is -0.370 e. The van der Waals surface area contributed by atoms with Crippen LogP contribution < -0.4 is 10.6 Å². The highest BCUT2D eigenvalue weighted by atomic mass is 15.2. The monoisotopic (exact) mass is 291 g/mol. The zero-order valence-corrected chi connectivity index (χ0v) is 14.0. The van der Waals surface area contributed by atoms with Gasteiger partial charge in [-0.05, 0) is 40.3 Å². The molecule has 0 unspecified atom stereocenters. The molecule has 0 amide bonds. The average Bonchev–Trinajstić information content (AvgIpc) is 2.37. The van der Waals surface area contributed by atoms with E-state index in [1.54, 1.807) is 0 Å². The van der Waals surface area contributed by atoms with Gasteiger partial charge in [0, 0.05) is 30.6 Å². The average molecular weight is 291 g/mol. The minimum absolute atomic E-state index is 0.293. The highest BCUT2D eigenvalue weighted by molar-refractivity contribution is 5.48. The molecule has 1 fully saturated rings. The zero-order valence-electron chi connectivity index (χ0n) is 14.0. The third kappa shape index (κ3) is 3.64. The number of rotatable bonds is 7. The summed E-state index contributed by atoms with van der Waals surface area (Å²) in [5, 5.41) is 6.82. The summed E-state index contributed by atoms with van der Waals surface area (Å²) in [6.07, 6.45) is 3.84. The van der Waals surface area contributed by atoms with Crippen molar-refractivity contribution in [1.82, 2.24) is 14.9 Å². The van der Waals surface area contributed by atoms with Crippen molar-refractivity contribution in [2.45, 2.75) is 51.5 Å². The van der Waals surface area contributed by atoms with Crippen LogP contribution in [-0.2, 0) is 0 Å². The lowest BCUT2D eigenvalue weighted by molar-refractivity contribution is 0.0738. The van der Waals surface area contributed by atoms with E-state index >= 15 is 0 Å². The lowest BCUT2D eigenvalue weighted by Gasteiger charge is -2.47. The van der Waals surface area contributed by atoms with E-state index in [0.717, 1.165) is 30.5 Å². The molecule has 0 aromatic carbocycles. The van der Waals surface area contributed by atoms with Gasteiger partial charge in [-0.25, -0.2) is 9.97 Å². The van der Waals surface area contributed by atoms with Gasteiger partial charge in [-0.15, -0.1) is 0 Å². The molecule has 2 N–H and O–H groups in total. The van der Waals surface area contributed by atoms with Crippen LogP contribution in [0.25, 0.3) is 0 Å². The number of nitrogens with zero attached hydrogens (tertiary/aromatic N) is 3. The molecule has 0 aliphatic heterocycles. The lowest BCUT2D eigenvalue weighted by atomic mass is 9.75. The second kappa shape index (κ2) is 6.60. The molecule has 5 nitrogen and oxygen atoms in total. The summed E-state index contributed by atoms with van der Waals surface area (Å²) in [7, 11) is 4.34. The van der Waals surface area contributed by atoms with Crippen LogP contribution in [0.5, 0.6) is 0 Å². The quantitative estimate of drug-likeness (QED) is 0.809. The maximum Gasteiger partial charge on any atom is 0.135 e. The molecule has 5 heteroatoms. The number of nitrogens with one attached hydrogen (secondary N) is 2. The number of aromatic nitrogens is 2. The van der Waals surface area contributed by atoms with Gasteiger partial charge in [-0.3, -0.25) is 0 Å². The maximum absolute atomic E-state index is 4.66. The van der Waals surface area contributed by atoms with E-state index in [1.165, 1.54) is 19.3 Å².